The molecule has 0 unspecified atom stereocenters. The molecular formula is C14H13F3N2O3. The highest BCUT2D eigenvalue weighted by atomic mass is 19.4. The first kappa shape index (κ1) is 19.2. The van der Waals surface area contributed by atoms with Crippen LogP contribution in [0.15, 0.2) is 41.8 Å². The van der Waals surface area contributed by atoms with Crippen molar-refractivity contribution < 1.29 is 32.8 Å². The van der Waals surface area contributed by atoms with Crippen LogP contribution in [0.2, 0.25) is 0 Å². The van der Waals surface area contributed by atoms with Gasteiger partial charge in [0.15, 0.2) is 18.0 Å². The van der Waals surface area contributed by atoms with E-state index < -0.39 is 12.1 Å². The number of carboxylic acid groups (broad SMARTS) is 1. The van der Waals surface area contributed by atoms with E-state index in [1.54, 1.807) is 17.8 Å². The molecule has 1 aromatic carbocycles. The largest absolute Gasteiger partial charge is 0.542 e. The number of alkyl halides is 3. The molecule has 0 radical (unpaired) electrons. The van der Waals surface area contributed by atoms with Crippen molar-refractivity contribution in [2.24, 2.45) is 0 Å². The number of rotatable bonds is 2. The maximum absolute atomic E-state index is 10.5. The van der Waals surface area contributed by atoms with Crippen molar-refractivity contribution in [3.63, 3.8) is 0 Å². The van der Waals surface area contributed by atoms with Gasteiger partial charge in [0, 0.05) is 12.5 Å². The monoisotopic (exact) mass is 314 g/mol. The molecule has 0 aromatic heterocycles. The second kappa shape index (κ2) is 8.46. The van der Waals surface area contributed by atoms with Crippen LogP contribution in [0.4, 0.5) is 13.2 Å². The molecule has 8 heteroatoms. The zero-order valence-corrected chi connectivity index (χ0v) is 11.8. The second-order valence-electron chi connectivity index (χ2n) is 3.98. The van der Waals surface area contributed by atoms with Crippen molar-refractivity contribution in [2.75, 3.05) is 7.05 Å². The van der Waals surface area contributed by atoms with Gasteiger partial charge < -0.3 is 15.0 Å². The minimum absolute atomic E-state index is 0.0205. The molecule has 0 heterocycles. The van der Waals surface area contributed by atoms with Gasteiger partial charge in [0.25, 0.3) is 0 Å². The molecule has 0 saturated heterocycles. The molecule has 5 nitrogen and oxygen atoms in total. The first-order chi connectivity index (χ1) is 10.1. The molecule has 0 amide bonds. The van der Waals surface area contributed by atoms with Gasteiger partial charge in [0.2, 0.25) is 0 Å². The van der Waals surface area contributed by atoms with Gasteiger partial charge >= 0.3 is 11.9 Å². The van der Waals surface area contributed by atoms with E-state index in [0.717, 1.165) is 5.56 Å². The van der Waals surface area contributed by atoms with E-state index in [4.69, 9.17) is 15.2 Å². The molecule has 118 valence electrons. The molecular weight excluding hydrogens is 301 g/mol. The Morgan fingerprint density at radius 1 is 1.36 bits per heavy atom. The molecule has 1 N–H and O–H groups in total. The topological polar surface area (TPSA) is 87.2 Å². The van der Waals surface area contributed by atoms with Gasteiger partial charge in [-0.15, -0.1) is 0 Å². The quantitative estimate of drug-likeness (QED) is 0.386. The van der Waals surface area contributed by atoms with Crippen LogP contribution in [-0.2, 0) is 4.79 Å². The highest BCUT2D eigenvalue weighted by Crippen LogP contribution is 2.11. The van der Waals surface area contributed by atoms with E-state index in [9.17, 15) is 18.3 Å². The Balaban J connectivity index is 0.000000534. The summed E-state index contributed by atoms with van der Waals surface area (Å²) in [5.41, 5.74) is 1.23. The number of benzene rings is 1. The van der Waals surface area contributed by atoms with E-state index >= 15 is 0 Å². The molecule has 0 aliphatic rings. The number of aliphatic carboxylic acids is 1. The zero-order valence-electron chi connectivity index (χ0n) is 11.8. The van der Waals surface area contributed by atoms with Crippen LogP contribution in [0.25, 0.3) is 0 Å². The number of carbonyl (C=O) groups is 1. The molecule has 0 aliphatic carbocycles. The van der Waals surface area contributed by atoms with Gasteiger partial charge in [0.1, 0.15) is 13.0 Å². The standard InChI is InChI=1S/C12H12N2O.C2HF3O2/c1-10(15)12(8-13)14(2)9-11-6-4-3-5-7-11;3-2(4,5)1(6)7/h3-7,9H,1-2H3;(H,6,7)/b12-10-,14-9?;. The number of allylic oxidation sites excluding steroid dienone is 2. The summed E-state index contributed by atoms with van der Waals surface area (Å²) in [4.78, 5) is 8.78. The van der Waals surface area contributed by atoms with Crippen molar-refractivity contribution in [3.05, 3.63) is 47.4 Å². The minimum Gasteiger partial charge on any atom is -0.542 e. The van der Waals surface area contributed by atoms with Crippen LogP contribution in [0, 0.1) is 11.3 Å². The number of hydrogen-bond acceptors (Lipinski definition) is 4. The van der Waals surface area contributed by atoms with Gasteiger partial charge in [-0.25, -0.2) is 0 Å². The molecule has 0 aliphatic heterocycles. The lowest BCUT2D eigenvalue weighted by molar-refractivity contribution is -0.433. The molecule has 0 saturated carbocycles. The van der Waals surface area contributed by atoms with E-state index in [1.165, 1.54) is 6.92 Å². The molecule has 0 fully saturated rings. The summed E-state index contributed by atoms with van der Waals surface area (Å²) in [7, 11) is 1.73. The number of nitriles is 1. The number of aliphatic hydroxyl groups excluding tert-OH is 1. The highest BCUT2D eigenvalue weighted by Gasteiger charge is 2.28. The van der Waals surface area contributed by atoms with E-state index in [0.29, 0.717) is 0 Å². The summed E-state index contributed by atoms with van der Waals surface area (Å²) in [6, 6.07) is 11.6. The van der Waals surface area contributed by atoms with Crippen LogP contribution in [0.5, 0.6) is 0 Å². The van der Waals surface area contributed by atoms with Crippen molar-refractivity contribution in [1.29, 1.82) is 5.26 Å². The molecule has 1 aromatic rings. The van der Waals surface area contributed by atoms with E-state index in [1.807, 2.05) is 36.4 Å². The van der Waals surface area contributed by atoms with Crippen molar-refractivity contribution in [3.8, 4) is 6.07 Å². The zero-order chi connectivity index (χ0) is 17.3. The lowest BCUT2D eigenvalue weighted by Crippen LogP contribution is -2.37. The first-order valence-electron chi connectivity index (χ1n) is 5.80. The molecule has 0 atom stereocenters. The SMILES string of the molecule is C/C(O)=C(\C#N)[N+](C)=Cc1ccccc1.O=C([O-])C(F)(F)F. The fourth-order valence-electron chi connectivity index (χ4n) is 1.24. The normalized spacial score (nSPS) is 12.5. The van der Waals surface area contributed by atoms with Gasteiger partial charge in [-0.2, -0.15) is 23.0 Å². The third-order valence-corrected chi connectivity index (χ3v) is 2.18. The fourth-order valence-corrected chi connectivity index (χ4v) is 1.24. The summed E-state index contributed by atoms with van der Waals surface area (Å²) >= 11 is 0. The average Bonchev–Trinajstić information content (AvgIpc) is 2.39. The average molecular weight is 314 g/mol. The number of aliphatic hydroxyl groups is 1. The Hall–Kier alpha value is -2.82. The summed E-state index contributed by atoms with van der Waals surface area (Å²) < 4.78 is 33.2. The number of hydrogen-bond donors (Lipinski definition) is 1. The summed E-state index contributed by atoms with van der Waals surface area (Å²) in [5.74, 6) is -2.99. The number of nitrogens with zero attached hydrogens (tertiary/aromatic N) is 2. The van der Waals surface area contributed by atoms with Gasteiger partial charge in [-0.3, -0.25) is 0 Å². The lowest BCUT2D eigenvalue weighted by Gasteiger charge is -2.03. The maximum atomic E-state index is 10.5. The van der Waals surface area contributed by atoms with E-state index in [-0.39, 0.29) is 11.5 Å². The number of carboxylic acids is 1. The number of halogens is 3. The highest BCUT2D eigenvalue weighted by molar-refractivity contribution is 5.75. The molecule has 1 rings (SSSR count). The summed E-state index contributed by atoms with van der Waals surface area (Å²) in [5, 5.41) is 26.9. The second-order valence-corrected chi connectivity index (χ2v) is 3.98. The van der Waals surface area contributed by atoms with Gasteiger partial charge in [0.05, 0.1) is 0 Å². The maximum Gasteiger partial charge on any atom is 0.430 e. The van der Waals surface area contributed by atoms with Crippen LogP contribution in [0.1, 0.15) is 12.5 Å². The minimum atomic E-state index is -5.19. The Bertz CT molecular complexity index is 610. The third-order valence-electron chi connectivity index (χ3n) is 2.18. The van der Waals surface area contributed by atoms with Crippen LogP contribution >= 0.6 is 0 Å². The Labute approximate surface area is 124 Å². The molecule has 22 heavy (non-hydrogen) atoms. The Kier molecular flexibility index (Phi) is 7.38. The van der Waals surface area contributed by atoms with Crippen molar-refractivity contribution in [2.45, 2.75) is 13.1 Å². The smallest absolute Gasteiger partial charge is 0.430 e. The summed E-state index contributed by atoms with van der Waals surface area (Å²) in [6.45, 7) is 1.49. The molecule has 0 spiro atoms. The van der Waals surface area contributed by atoms with Crippen LogP contribution in [0.3, 0.4) is 0 Å². The van der Waals surface area contributed by atoms with E-state index in [2.05, 4.69) is 0 Å². The Morgan fingerprint density at radius 3 is 2.14 bits per heavy atom. The van der Waals surface area contributed by atoms with Gasteiger partial charge in [-0.1, -0.05) is 18.2 Å². The predicted molar refractivity (Wildman–Crippen MR) is 69.8 cm³/mol. The number of carbonyl (C=O) groups excluding carboxylic acids is 1. The summed E-state index contributed by atoms with van der Waals surface area (Å²) in [6.07, 6.45) is -3.40. The van der Waals surface area contributed by atoms with Crippen LogP contribution in [-0.4, -0.2) is 35.1 Å². The molecule has 0 bridgehead atoms. The predicted octanol–water partition coefficient (Wildman–Crippen LogP) is 1.36. The van der Waals surface area contributed by atoms with Crippen molar-refractivity contribution >= 4 is 12.2 Å². The third kappa shape index (κ3) is 7.09. The van der Waals surface area contributed by atoms with Crippen molar-refractivity contribution in [1.82, 2.24) is 0 Å². The van der Waals surface area contributed by atoms with Crippen LogP contribution < -0.4 is 5.11 Å². The first-order valence-corrected chi connectivity index (χ1v) is 5.80. The lowest BCUT2D eigenvalue weighted by atomic mass is 10.2. The van der Waals surface area contributed by atoms with Gasteiger partial charge in [-0.05, 0) is 12.1 Å². The Morgan fingerprint density at radius 2 is 1.82 bits per heavy atom. The fraction of sp³-hybridized carbons (Fsp3) is 0.214.